The van der Waals surface area contributed by atoms with Gasteiger partial charge < -0.3 is 14.8 Å². The molecule has 0 aliphatic heterocycles. The first kappa shape index (κ1) is 18.5. The van der Waals surface area contributed by atoms with E-state index in [0.717, 1.165) is 22.4 Å². The van der Waals surface area contributed by atoms with Crippen molar-refractivity contribution in [3.8, 4) is 11.5 Å². The van der Waals surface area contributed by atoms with Gasteiger partial charge in [0.2, 0.25) is 0 Å². The first-order chi connectivity index (χ1) is 13.0. The van der Waals surface area contributed by atoms with Gasteiger partial charge in [0, 0.05) is 6.07 Å². The fourth-order valence-corrected chi connectivity index (χ4v) is 2.81. The Bertz CT molecular complexity index is 896. The minimum absolute atomic E-state index is 0.0589. The molecule has 0 radical (unpaired) electrons. The van der Waals surface area contributed by atoms with Gasteiger partial charge in [-0.2, -0.15) is 5.10 Å². The van der Waals surface area contributed by atoms with Crippen LogP contribution >= 0.6 is 0 Å². The molecule has 0 saturated heterocycles. The predicted molar refractivity (Wildman–Crippen MR) is 104 cm³/mol. The minimum atomic E-state index is -0.231. The van der Waals surface area contributed by atoms with Crippen LogP contribution in [0.15, 0.2) is 54.7 Å². The molecule has 1 amide bonds. The van der Waals surface area contributed by atoms with Crippen molar-refractivity contribution in [2.75, 3.05) is 19.0 Å². The highest BCUT2D eigenvalue weighted by atomic mass is 16.5. The predicted octanol–water partition coefficient (Wildman–Crippen LogP) is 3.57. The van der Waals surface area contributed by atoms with Gasteiger partial charge in [-0.25, -0.2) is 4.68 Å². The number of carbonyl (C=O) groups excluding carboxylic acids is 1. The van der Waals surface area contributed by atoms with Crippen LogP contribution in [0.25, 0.3) is 0 Å². The maximum atomic E-state index is 12.2. The first-order valence-electron chi connectivity index (χ1n) is 8.69. The molecule has 3 aromatic rings. The number of ether oxygens (including phenoxy) is 2. The van der Waals surface area contributed by atoms with E-state index in [2.05, 4.69) is 16.5 Å². The maximum Gasteiger partial charge on any atom is 0.263 e. The number of nitrogens with zero attached hydrogens (tertiary/aromatic N) is 2. The van der Waals surface area contributed by atoms with Crippen molar-refractivity contribution >= 4 is 11.7 Å². The summed E-state index contributed by atoms with van der Waals surface area (Å²) in [6.45, 7) is 4.48. The number of aromatic nitrogens is 2. The fourth-order valence-electron chi connectivity index (χ4n) is 2.81. The Morgan fingerprint density at radius 2 is 1.74 bits per heavy atom. The molecule has 3 rings (SSSR count). The van der Waals surface area contributed by atoms with Gasteiger partial charge in [0.05, 0.1) is 19.9 Å². The van der Waals surface area contributed by atoms with Crippen LogP contribution in [0.3, 0.4) is 0 Å². The Morgan fingerprint density at radius 1 is 1.04 bits per heavy atom. The van der Waals surface area contributed by atoms with Gasteiger partial charge in [0.1, 0.15) is 17.3 Å². The lowest BCUT2D eigenvalue weighted by Gasteiger charge is -2.11. The summed E-state index contributed by atoms with van der Waals surface area (Å²) in [6.07, 6.45) is 1.66. The summed E-state index contributed by atoms with van der Waals surface area (Å²) >= 11 is 0. The Morgan fingerprint density at radius 3 is 2.41 bits per heavy atom. The number of aryl methyl sites for hydroxylation is 2. The molecule has 27 heavy (non-hydrogen) atoms. The van der Waals surface area contributed by atoms with Crippen LogP contribution in [0, 0.1) is 13.8 Å². The first-order valence-corrected chi connectivity index (χ1v) is 8.69. The quantitative estimate of drug-likeness (QED) is 0.695. The molecule has 1 N–H and O–H groups in total. The van der Waals surface area contributed by atoms with E-state index < -0.39 is 0 Å². The largest absolute Gasteiger partial charge is 0.497 e. The lowest BCUT2D eigenvalue weighted by Crippen LogP contribution is -2.22. The molecule has 0 bridgehead atoms. The SMILES string of the molecule is COc1ccc(Cn2nccc2NC(=O)COc2cc(C)cc(C)c2)cc1. The van der Waals surface area contributed by atoms with Crippen molar-refractivity contribution in [2.24, 2.45) is 0 Å². The summed E-state index contributed by atoms with van der Waals surface area (Å²) in [5, 5.41) is 7.12. The van der Waals surface area contributed by atoms with E-state index in [1.165, 1.54) is 0 Å². The average Bonchev–Trinajstić information content (AvgIpc) is 3.06. The zero-order valence-corrected chi connectivity index (χ0v) is 15.7. The zero-order chi connectivity index (χ0) is 19.2. The molecule has 0 unspecified atom stereocenters. The van der Waals surface area contributed by atoms with Crippen molar-refractivity contribution < 1.29 is 14.3 Å². The number of rotatable bonds is 7. The molecule has 6 nitrogen and oxygen atoms in total. The molecule has 140 valence electrons. The number of nitrogens with one attached hydrogen (secondary N) is 1. The van der Waals surface area contributed by atoms with Crippen molar-refractivity contribution in [3.05, 3.63) is 71.4 Å². The standard InChI is InChI=1S/C21H23N3O3/c1-15-10-16(2)12-19(11-15)27-14-21(25)23-20-8-9-22-24(20)13-17-4-6-18(26-3)7-5-17/h4-12H,13-14H2,1-3H3,(H,23,25). The smallest absolute Gasteiger partial charge is 0.263 e. The van der Waals surface area contributed by atoms with Crippen LogP contribution in [0.5, 0.6) is 11.5 Å². The highest BCUT2D eigenvalue weighted by Gasteiger charge is 2.09. The van der Waals surface area contributed by atoms with Crippen molar-refractivity contribution in [2.45, 2.75) is 20.4 Å². The van der Waals surface area contributed by atoms with Gasteiger partial charge in [0.15, 0.2) is 6.61 Å². The molecule has 0 fully saturated rings. The fraction of sp³-hybridized carbons (Fsp3) is 0.238. The third kappa shape index (κ3) is 5.10. The number of methoxy groups -OCH3 is 1. The normalized spacial score (nSPS) is 10.5. The van der Waals surface area contributed by atoms with Gasteiger partial charge in [0.25, 0.3) is 5.91 Å². The number of benzene rings is 2. The molecule has 0 aliphatic rings. The van der Waals surface area contributed by atoms with Crippen LogP contribution in [0.2, 0.25) is 0 Å². The maximum absolute atomic E-state index is 12.2. The molecule has 0 saturated carbocycles. The monoisotopic (exact) mass is 365 g/mol. The van der Waals surface area contributed by atoms with Gasteiger partial charge in [-0.3, -0.25) is 4.79 Å². The Kier molecular flexibility index (Phi) is 5.76. The molecule has 0 spiro atoms. The lowest BCUT2D eigenvalue weighted by molar-refractivity contribution is -0.118. The van der Waals surface area contributed by atoms with E-state index in [1.807, 2.05) is 50.2 Å². The third-order valence-corrected chi connectivity index (χ3v) is 4.04. The van der Waals surface area contributed by atoms with E-state index >= 15 is 0 Å². The van der Waals surface area contributed by atoms with E-state index in [4.69, 9.17) is 9.47 Å². The molecule has 2 aromatic carbocycles. The Hall–Kier alpha value is -3.28. The summed E-state index contributed by atoms with van der Waals surface area (Å²) in [5.41, 5.74) is 3.26. The Labute approximate surface area is 158 Å². The third-order valence-electron chi connectivity index (χ3n) is 4.04. The second-order valence-corrected chi connectivity index (χ2v) is 6.38. The van der Waals surface area contributed by atoms with Crippen molar-refractivity contribution in [1.82, 2.24) is 9.78 Å². The number of hydrogen-bond acceptors (Lipinski definition) is 4. The summed E-state index contributed by atoms with van der Waals surface area (Å²) in [6, 6.07) is 15.4. The van der Waals surface area contributed by atoms with Gasteiger partial charge in [-0.15, -0.1) is 0 Å². The van der Waals surface area contributed by atoms with E-state index in [-0.39, 0.29) is 12.5 Å². The van der Waals surface area contributed by atoms with Gasteiger partial charge in [-0.05, 0) is 54.8 Å². The summed E-state index contributed by atoms with van der Waals surface area (Å²) in [4.78, 5) is 12.2. The molecular formula is C21H23N3O3. The number of carbonyl (C=O) groups is 1. The van der Waals surface area contributed by atoms with Crippen LogP contribution < -0.4 is 14.8 Å². The lowest BCUT2D eigenvalue weighted by atomic mass is 10.1. The molecule has 0 aliphatic carbocycles. The van der Waals surface area contributed by atoms with Crippen LogP contribution in [-0.4, -0.2) is 29.4 Å². The minimum Gasteiger partial charge on any atom is -0.497 e. The summed E-state index contributed by atoms with van der Waals surface area (Å²) in [5.74, 6) is 1.89. The molecule has 0 atom stereocenters. The second kappa shape index (κ2) is 8.40. The number of amides is 1. The van der Waals surface area contributed by atoms with E-state index in [0.29, 0.717) is 18.1 Å². The van der Waals surface area contributed by atoms with Crippen LogP contribution in [0.1, 0.15) is 16.7 Å². The molecule has 1 aromatic heterocycles. The second-order valence-electron chi connectivity index (χ2n) is 6.38. The van der Waals surface area contributed by atoms with Crippen molar-refractivity contribution in [3.63, 3.8) is 0 Å². The number of anilines is 1. The van der Waals surface area contributed by atoms with Crippen LogP contribution in [-0.2, 0) is 11.3 Å². The van der Waals surface area contributed by atoms with Gasteiger partial charge >= 0.3 is 0 Å². The average molecular weight is 365 g/mol. The molecular weight excluding hydrogens is 342 g/mol. The van der Waals surface area contributed by atoms with Crippen LogP contribution in [0.4, 0.5) is 5.82 Å². The summed E-state index contributed by atoms with van der Waals surface area (Å²) in [7, 11) is 1.64. The molecule has 1 heterocycles. The topological polar surface area (TPSA) is 65.4 Å². The highest BCUT2D eigenvalue weighted by molar-refractivity contribution is 5.91. The Balaban J connectivity index is 1.59. The van der Waals surface area contributed by atoms with E-state index in [1.54, 1.807) is 24.1 Å². The summed E-state index contributed by atoms with van der Waals surface area (Å²) < 4.78 is 12.5. The number of hydrogen-bond donors (Lipinski definition) is 1. The van der Waals surface area contributed by atoms with E-state index in [9.17, 15) is 4.79 Å². The van der Waals surface area contributed by atoms with Gasteiger partial charge in [-0.1, -0.05) is 18.2 Å². The molecule has 6 heteroatoms. The highest BCUT2D eigenvalue weighted by Crippen LogP contribution is 2.17. The zero-order valence-electron chi connectivity index (χ0n) is 15.7. The van der Waals surface area contributed by atoms with Crippen molar-refractivity contribution in [1.29, 1.82) is 0 Å².